The minimum Gasteiger partial charge on any atom is -0.469 e. The van der Waals surface area contributed by atoms with Crippen LogP contribution in [0.5, 0.6) is 0 Å². The first-order valence-electron chi connectivity index (χ1n) is 5.49. The van der Waals surface area contributed by atoms with E-state index in [1.165, 1.54) is 7.11 Å². The predicted molar refractivity (Wildman–Crippen MR) is 61.9 cm³/mol. The number of esters is 1. The van der Waals surface area contributed by atoms with Crippen LogP contribution in [0.3, 0.4) is 0 Å². The lowest BCUT2D eigenvalue weighted by molar-refractivity contribution is -0.145. The summed E-state index contributed by atoms with van der Waals surface area (Å²) in [7, 11) is 1.36. The van der Waals surface area contributed by atoms with Crippen LogP contribution in [0.2, 0.25) is 0 Å². The third-order valence-corrected chi connectivity index (χ3v) is 2.36. The van der Waals surface area contributed by atoms with Crippen LogP contribution >= 0.6 is 0 Å². The van der Waals surface area contributed by atoms with E-state index in [1.807, 2.05) is 20.8 Å². The second-order valence-electron chi connectivity index (χ2n) is 4.20. The van der Waals surface area contributed by atoms with Gasteiger partial charge in [0.2, 0.25) is 5.91 Å². The van der Waals surface area contributed by atoms with Crippen LogP contribution in [0.25, 0.3) is 0 Å². The van der Waals surface area contributed by atoms with Crippen molar-refractivity contribution in [2.24, 2.45) is 5.92 Å². The Kier molecular flexibility index (Phi) is 6.72. The molecule has 0 rings (SSSR count). The number of nitrogens with one attached hydrogen (secondary N) is 2. The van der Waals surface area contributed by atoms with Crippen molar-refractivity contribution < 1.29 is 14.3 Å². The van der Waals surface area contributed by atoms with Crippen molar-refractivity contribution in [3.63, 3.8) is 0 Å². The van der Waals surface area contributed by atoms with E-state index in [1.54, 1.807) is 6.92 Å². The highest BCUT2D eigenvalue weighted by Gasteiger charge is 2.20. The predicted octanol–water partition coefficient (Wildman–Crippen LogP) is 0.298. The molecule has 0 aromatic rings. The summed E-state index contributed by atoms with van der Waals surface area (Å²) in [6.45, 7) is 7.63. The van der Waals surface area contributed by atoms with E-state index < -0.39 is 0 Å². The number of hydrogen-bond acceptors (Lipinski definition) is 4. The van der Waals surface area contributed by atoms with Crippen molar-refractivity contribution >= 4 is 11.9 Å². The number of methoxy groups -OCH3 is 1. The number of carbonyl (C=O) groups is 2. The molecule has 0 aliphatic carbocycles. The molecule has 5 nitrogen and oxygen atoms in total. The molecule has 0 aromatic heterocycles. The Morgan fingerprint density at radius 3 is 2.19 bits per heavy atom. The van der Waals surface area contributed by atoms with E-state index in [0.717, 1.165) is 0 Å². The zero-order valence-electron chi connectivity index (χ0n) is 10.7. The van der Waals surface area contributed by atoms with Gasteiger partial charge in [0.25, 0.3) is 0 Å². The maximum atomic E-state index is 11.3. The molecule has 94 valence electrons. The molecule has 0 aromatic carbocycles. The molecule has 0 spiro atoms. The molecule has 1 amide bonds. The van der Waals surface area contributed by atoms with Crippen LogP contribution in [0, 0.1) is 5.92 Å². The molecule has 0 bridgehead atoms. The van der Waals surface area contributed by atoms with Crippen LogP contribution in [0.15, 0.2) is 0 Å². The van der Waals surface area contributed by atoms with Gasteiger partial charge in [-0.15, -0.1) is 0 Å². The van der Waals surface area contributed by atoms with Gasteiger partial charge in [-0.05, 0) is 20.8 Å². The highest BCUT2D eigenvalue weighted by atomic mass is 16.5. The quantitative estimate of drug-likeness (QED) is 0.644. The summed E-state index contributed by atoms with van der Waals surface area (Å²) in [5.74, 6) is -0.611. The van der Waals surface area contributed by atoms with Crippen LogP contribution in [0.1, 0.15) is 27.7 Å². The van der Waals surface area contributed by atoms with Gasteiger partial charge in [-0.1, -0.05) is 6.92 Å². The minimum absolute atomic E-state index is 0.0704. The highest BCUT2D eigenvalue weighted by Crippen LogP contribution is 2.03. The Bertz CT molecular complexity index is 241. The lowest BCUT2D eigenvalue weighted by Gasteiger charge is -2.19. The molecular weight excluding hydrogens is 208 g/mol. The summed E-state index contributed by atoms with van der Waals surface area (Å²) in [5.41, 5.74) is 0. The van der Waals surface area contributed by atoms with Crippen molar-refractivity contribution in [1.82, 2.24) is 10.6 Å². The fourth-order valence-electron chi connectivity index (χ4n) is 1.19. The third kappa shape index (κ3) is 5.70. The lowest BCUT2D eigenvalue weighted by Crippen LogP contribution is -2.44. The van der Waals surface area contributed by atoms with Gasteiger partial charge >= 0.3 is 5.97 Å². The standard InChI is InChI=1S/C11H22N2O3/c1-7(2)13-10(14)6-12-9(4)8(3)11(15)16-5/h7-9,12H,6H2,1-5H3,(H,13,14). The molecule has 5 heteroatoms. The third-order valence-electron chi connectivity index (χ3n) is 2.36. The monoisotopic (exact) mass is 230 g/mol. The summed E-state index contributed by atoms with van der Waals surface area (Å²) < 4.78 is 4.63. The number of amides is 1. The van der Waals surface area contributed by atoms with E-state index in [4.69, 9.17) is 0 Å². The zero-order chi connectivity index (χ0) is 12.7. The van der Waals surface area contributed by atoms with Crippen LogP contribution in [-0.4, -0.2) is 37.6 Å². The van der Waals surface area contributed by atoms with E-state index in [2.05, 4.69) is 15.4 Å². The van der Waals surface area contributed by atoms with Gasteiger partial charge in [0.15, 0.2) is 0 Å². The zero-order valence-corrected chi connectivity index (χ0v) is 10.7. The largest absolute Gasteiger partial charge is 0.469 e. The fourth-order valence-corrected chi connectivity index (χ4v) is 1.19. The molecule has 0 saturated carbocycles. The maximum absolute atomic E-state index is 11.3. The normalized spacial score (nSPS) is 14.4. The summed E-state index contributed by atoms with van der Waals surface area (Å²) in [6.07, 6.45) is 0. The first kappa shape index (κ1) is 14.9. The molecule has 0 fully saturated rings. The Balaban J connectivity index is 3.92. The van der Waals surface area contributed by atoms with Gasteiger partial charge in [-0.2, -0.15) is 0 Å². The molecule has 0 radical (unpaired) electrons. The van der Waals surface area contributed by atoms with Gasteiger partial charge < -0.3 is 15.4 Å². The molecule has 0 heterocycles. The average molecular weight is 230 g/mol. The van der Waals surface area contributed by atoms with Crippen LogP contribution in [-0.2, 0) is 14.3 Å². The maximum Gasteiger partial charge on any atom is 0.309 e. The highest BCUT2D eigenvalue weighted by molar-refractivity contribution is 5.78. The number of ether oxygens (including phenoxy) is 1. The Morgan fingerprint density at radius 1 is 1.19 bits per heavy atom. The first-order chi connectivity index (χ1) is 7.38. The van der Waals surface area contributed by atoms with Gasteiger partial charge in [-0.25, -0.2) is 0 Å². The van der Waals surface area contributed by atoms with E-state index in [9.17, 15) is 9.59 Å². The Hall–Kier alpha value is -1.10. The molecule has 2 atom stereocenters. The van der Waals surface area contributed by atoms with Crippen molar-refractivity contribution in [2.75, 3.05) is 13.7 Å². The van der Waals surface area contributed by atoms with E-state index >= 15 is 0 Å². The van der Waals surface area contributed by atoms with Crippen molar-refractivity contribution in [2.45, 2.75) is 39.8 Å². The van der Waals surface area contributed by atoms with Crippen molar-refractivity contribution in [1.29, 1.82) is 0 Å². The summed E-state index contributed by atoms with van der Waals surface area (Å²) in [6, 6.07) is 0.0352. The first-order valence-corrected chi connectivity index (χ1v) is 5.49. The second kappa shape index (κ2) is 7.22. The number of rotatable bonds is 6. The SMILES string of the molecule is COC(=O)C(C)C(C)NCC(=O)NC(C)C. The van der Waals surface area contributed by atoms with Gasteiger partial charge in [0, 0.05) is 12.1 Å². The molecule has 0 saturated heterocycles. The van der Waals surface area contributed by atoms with Crippen molar-refractivity contribution in [3.05, 3.63) is 0 Å². The molecular formula is C11H22N2O3. The molecule has 16 heavy (non-hydrogen) atoms. The average Bonchev–Trinajstić information content (AvgIpc) is 2.22. The van der Waals surface area contributed by atoms with E-state index in [0.29, 0.717) is 0 Å². The lowest BCUT2D eigenvalue weighted by atomic mass is 10.0. The Morgan fingerprint density at radius 2 is 1.75 bits per heavy atom. The van der Waals surface area contributed by atoms with E-state index in [-0.39, 0.29) is 36.4 Å². The second-order valence-corrected chi connectivity index (χ2v) is 4.20. The molecule has 0 aliphatic heterocycles. The number of hydrogen-bond donors (Lipinski definition) is 2. The Labute approximate surface area is 96.9 Å². The van der Waals surface area contributed by atoms with Crippen LogP contribution < -0.4 is 10.6 Å². The van der Waals surface area contributed by atoms with Gasteiger partial charge in [0.1, 0.15) is 0 Å². The molecule has 2 N–H and O–H groups in total. The fraction of sp³-hybridized carbons (Fsp3) is 0.818. The summed E-state index contributed by atoms with van der Waals surface area (Å²) >= 11 is 0. The van der Waals surface area contributed by atoms with Crippen LogP contribution in [0.4, 0.5) is 0 Å². The molecule has 2 unspecified atom stereocenters. The van der Waals surface area contributed by atoms with Gasteiger partial charge in [0.05, 0.1) is 19.6 Å². The molecule has 0 aliphatic rings. The topological polar surface area (TPSA) is 67.4 Å². The number of carbonyl (C=O) groups excluding carboxylic acids is 2. The minimum atomic E-state index is -0.274. The van der Waals surface area contributed by atoms with Gasteiger partial charge in [-0.3, -0.25) is 9.59 Å². The summed E-state index contributed by atoms with van der Waals surface area (Å²) in [5, 5.41) is 5.75. The summed E-state index contributed by atoms with van der Waals surface area (Å²) in [4.78, 5) is 22.5. The smallest absolute Gasteiger partial charge is 0.309 e. The van der Waals surface area contributed by atoms with Crippen molar-refractivity contribution in [3.8, 4) is 0 Å².